The molecule has 108 valence electrons. The molecular formula is C15H21N3OS. The predicted molar refractivity (Wildman–Crippen MR) is 85.5 cm³/mol. The summed E-state index contributed by atoms with van der Waals surface area (Å²) in [4.78, 5) is 6.83. The molecule has 0 saturated carbocycles. The molecule has 0 spiro atoms. The molecule has 3 rings (SSSR count). The van der Waals surface area contributed by atoms with Gasteiger partial charge in [-0.3, -0.25) is 0 Å². The van der Waals surface area contributed by atoms with Crippen molar-refractivity contribution in [1.29, 1.82) is 0 Å². The van der Waals surface area contributed by atoms with E-state index in [1.165, 1.54) is 12.8 Å². The minimum atomic E-state index is 0.178. The largest absolute Gasteiger partial charge is 0.397 e. The fraction of sp³-hybridized carbons (Fsp3) is 0.533. The number of benzene rings is 1. The quantitative estimate of drug-likeness (QED) is 0.835. The Labute approximate surface area is 123 Å². The molecule has 20 heavy (non-hydrogen) atoms. The predicted octanol–water partition coefficient (Wildman–Crippen LogP) is 2.93. The smallest absolute Gasteiger partial charge is 0.0907 e. The number of nitrogens with zero attached hydrogens (tertiary/aromatic N) is 2. The summed E-state index contributed by atoms with van der Waals surface area (Å²) in [6.45, 7) is 3.17. The lowest BCUT2D eigenvalue weighted by molar-refractivity contribution is 0.255. The van der Waals surface area contributed by atoms with Gasteiger partial charge in [-0.25, -0.2) is 4.98 Å². The number of fused-ring (bicyclic) bond motifs is 1. The van der Waals surface area contributed by atoms with Crippen LogP contribution >= 0.6 is 11.3 Å². The van der Waals surface area contributed by atoms with Crippen LogP contribution in [-0.2, 0) is 0 Å². The average Bonchev–Trinajstić information content (AvgIpc) is 2.64. The number of aliphatic hydroxyl groups is 1. The zero-order chi connectivity index (χ0) is 14.1. The summed E-state index contributed by atoms with van der Waals surface area (Å²) in [5.41, 5.74) is 9.09. The van der Waals surface area contributed by atoms with Gasteiger partial charge in [-0.15, -0.1) is 11.3 Å². The van der Waals surface area contributed by atoms with Crippen molar-refractivity contribution in [2.45, 2.75) is 38.6 Å². The van der Waals surface area contributed by atoms with Crippen molar-refractivity contribution in [3.63, 3.8) is 0 Å². The number of aromatic nitrogens is 1. The van der Waals surface area contributed by atoms with E-state index in [2.05, 4.69) is 16.0 Å². The second-order valence-electron chi connectivity index (χ2n) is 5.49. The molecular weight excluding hydrogens is 270 g/mol. The first-order chi connectivity index (χ1) is 9.69. The van der Waals surface area contributed by atoms with Gasteiger partial charge in [-0.05, 0) is 31.9 Å². The van der Waals surface area contributed by atoms with Crippen LogP contribution in [0.4, 0.5) is 11.4 Å². The van der Waals surface area contributed by atoms with Crippen LogP contribution in [0.3, 0.4) is 0 Å². The maximum absolute atomic E-state index is 9.66. The lowest BCUT2D eigenvalue weighted by atomic mass is 10.1. The zero-order valence-electron chi connectivity index (χ0n) is 11.8. The summed E-state index contributed by atoms with van der Waals surface area (Å²) >= 11 is 1.67. The van der Waals surface area contributed by atoms with Gasteiger partial charge < -0.3 is 15.7 Å². The van der Waals surface area contributed by atoms with Crippen LogP contribution in [0, 0.1) is 6.92 Å². The van der Waals surface area contributed by atoms with E-state index in [0.717, 1.165) is 46.0 Å². The highest BCUT2D eigenvalue weighted by Crippen LogP contribution is 2.34. The summed E-state index contributed by atoms with van der Waals surface area (Å²) in [6, 6.07) is 4.29. The first-order valence-corrected chi connectivity index (χ1v) is 8.05. The van der Waals surface area contributed by atoms with Gasteiger partial charge in [0.05, 0.1) is 39.2 Å². The first kappa shape index (κ1) is 13.6. The number of rotatable bonds is 2. The van der Waals surface area contributed by atoms with E-state index in [4.69, 9.17) is 5.73 Å². The number of nitrogen functional groups attached to an aromatic ring is 1. The third-order valence-electron chi connectivity index (χ3n) is 4.04. The Morgan fingerprint density at radius 1 is 1.40 bits per heavy atom. The highest BCUT2D eigenvalue weighted by Gasteiger charge is 2.22. The number of aryl methyl sites for hydroxylation is 1. The van der Waals surface area contributed by atoms with E-state index in [9.17, 15) is 5.11 Å². The van der Waals surface area contributed by atoms with E-state index in [1.807, 2.05) is 13.0 Å². The molecule has 0 radical (unpaired) electrons. The molecule has 4 nitrogen and oxygen atoms in total. The van der Waals surface area contributed by atoms with E-state index >= 15 is 0 Å². The van der Waals surface area contributed by atoms with Crippen molar-refractivity contribution < 1.29 is 5.11 Å². The van der Waals surface area contributed by atoms with E-state index in [-0.39, 0.29) is 12.6 Å². The van der Waals surface area contributed by atoms with Crippen LogP contribution in [0.5, 0.6) is 0 Å². The summed E-state index contributed by atoms with van der Waals surface area (Å²) < 4.78 is 1.14. The molecule has 0 bridgehead atoms. The summed E-state index contributed by atoms with van der Waals surface area (Å²) in [7, 11) is 0. The van der Waals surface area contributed by atoms with Gasteiger partial charge in [0.1, 0.15) is 0 Å². The number of hydrogen-bond acceptors (Lipinski definition) is 5. The SMILES string of the molecule is Cc1nc2cc(N3CCCCCC3CO)c(N)cc2s1. The van der Waals surface area contributed by atoms with Crippen molar-refractivity contribution in [2.75, 3.05) is 23.8 Å². The van der Waals surface area contributed by atoms with Crippen molar-refractivity contribution in [1.82, 2.24) is 4.98 Å². The van der Waals surface area contributed by atoms with E-state index < -0.39 is 0 Å². The van der Waals surface area contributed by atoms with Crippen LogP contribution in [-0.4, -0.2) is 29.3 Å². The molecule has 0 aliphatic carbocycles. The molecule has 1 fully saturated rings. The van der Waals surface area contributed by atoms with E-state index in [0.29, 0.717) is 0 Å². The summed E-state index contributed by atoms with van der Waals surface area (Å²) in [5, 5.41) is 10.7. The number of hydrogen-bond donors (Lipinski definition) is 2. The minimum Gasteiger partial charge on any atom is -0.397 e. The van der Waals surface area contributed by atoms with Crippen LogP contribution in [0.25, 0.3) is 10.2 Å². The van der Waals surface area contributed by atoms with Gasteiger partial charge in [0.25, 0.3) is 0 Å². The molecule has 1 aliphatic rings. The Morgan fingerprint density at radius 2 is 2.25 bits per heavy atom. The number of aliphatic hydroxyl groups excluding tert-OH is 1. The van der Waals surface area contributed by atoms with Crippen LogP contribution < -0.4 is 10.6 Å². The second-order valence-corrected chi connectivity index (χ2v) is 6.73. The maximum Gasteiger partial charge on any atom is 0.0907 e. The van der Waals surface area contributed by atoms with Gasteiger partial charge in [-0.2, -0.15) is 0 Å². The Bertz CT molecular complexity index is 610. The Hall–Kier alpha value is -1.33. The molecule has 1 aromatic heterocycles. The molecule has 1 atom stereocenters. The number of nitrogens with two attached hydrogens (primary N) is 1. The molecule has 1 saturated heterocycles. The lowest BCUT2D eigenvalue weighted by Gasteiger charge is -2.31. The van der Waals surface area contributed by atoms with Crippen molar-refractivity contribution >= 4 is 32.9 Å². The monoisotopic (exact) mass is 291 g/mol. The normalized spacial score (nSPS) is 20.3. The highest BCUT2D eigenvalue weighted by molar-refractivity contribution is 7.18. The van der Waals surface area contributed by atoms with Gasteiger partial charge >= 0.3 is 0 Å². The van der Waals surface area contributed by atoms with E-state index in [1.54, 1.807) is 11.3 Å². The molecule has 2 aromatic rings. The fourth-order valence-corrected chi connectivity index (χ4v) is 3.88. The van der Waals surface area contributed by atoms with Crippen LogP contribution in [0.2, 0.25) is 0 Å². The van der Waals surface area contributed by atoms with Gasteiger partial charge in [-0.1, -0.05) is 12.8 Å². The molecule has 5 heteroatoms. The molecule has 0 amide bonds. The first-order valence-electron chi connectivity index (χ1n) is 7.23. The topological polar surface area (TPSA) is 62.4 Å². The van der Waals surface area contributed by atoms with Gasteiger partial charge in [0, 0.05) is 6.54 Å². The van der Waals surface area contributed by atoms with Crippen molar-refractivity contribution in [2.24, 2.45) is 0 Å². The van der Waals surface area contributed by atoms with Crippen LogP contribution in [0.1, 0.15) is 30.7 Å². The standard InChI is InChI=1S/C15H21N3OS/c1-10-17-13-8-14(12(16)7-15(13)20-10)18-6-4-2-3-5-11(18)9-19/h7-8,11,19H,2-6,9,16H2,1H3. The minimum absolute atomic E-state index is 0.178. The maximum atomic E-state index is 9.66. The molecule has 2 heterocycles. The Kier molecular flexibility index (Phi) is 3.81. The summed E-state index contributed by atoms with van der Waals surface area (Å²) in [5.74, 6) is 0. The third kappa shape index (κ3) is 2.47. The highest BCUT2D eigenvalue weighted by atomic mass is 32.1. The number of thiazole rings is 1. The lowest BCUT2D eigenvalue weighted by Crippen LogP contribution is -2.38. The van der Waals surface area contributed by atoms with Crippen molar-refractivity contribution in [3.05, 3.63) is 17.1 Å². The van der Waals surface area contributed by atoms with Gasteiger partial charge in [0.2, 0.25) is 0 Å². The second kappa shape index (κ2) is 5.58. The molecule has 1 aliphatic heterocycles. The Balaban J connectivity index is 2.04. The molecule has 1 unspecified atom stereocenters. The fourth-order valence-electron chi connectivity index (χ4n) is 3.03. The van der Waals surface area contributed by atoms with Gasteiger partial charge in [0.15, 0.2) is 0 Å². The number of anilines is 2. The average molecular weight is 291 g/mol. The zero-order valence-corrected chi connectivity index (χ0v) is 12.6. The molecule has 3 N–H and O–H groups in total. The van der Waals surface area contributed by atoms with Crippen LogP contribution in [0.15, 0.2) is 12.1 Å². The summed E-state index contributed by atoms with van der Waals surface area (Å²) in [6.07, 6.45) is 4.60. The third-order valence-corrected chi connectivity index (χ3v) is 4.97. The molecule has 1 aromatic carbocycles. The Morgan fingerprint density at radius 3 is 3.05 bits per heavy atom. The van der Waals surface area contributed by atoms with Crippen molar-refractivity contribution in [3.8, 4) is 0 Å².